The summed E-state index contributed by atoms with van der Waals surface area (Å²) >= 11 is 0. The fourth-order valence-corrected chi connectivity index (χ4v) is 8.90. The molecule has 0 radical (unpaired) electrons. The Kier molecular flexibility index (Phi) is 20.7. The van der Waals surface area contributed by atoms with Gasteiger partial charge < -0.3 is 14.6 Å². The normalized spacial score (nSPS) is 31.0. The Morgan fingerprint density at radius 3 is 1.91 bits per heavy atom. The number of carboxylic acids is 1. The van der Waals surface area contributed by atoms with Crippen molar-refractivity contribution in [3.63, 3.8) is 0 Å². The fourth-order valence-electron chi connectivity index (χ4n) is 8.90. The number of ether oxygens (including phenoxy) is 2. The molecule has 4 fully saturated rings. The maximum atomic E-state index is 13.5. The van der Waals surface area contributed by atoms with Gasteiger partial charge >= 0.3 is 11.9 Å². The second kappa shape index (κ2) is 19.5. The second-order valence-electron chi connectivity index (χ2n) is 12.6. The number of benzene rings is 1. The van der Waals surface area contributed by atoms with Gasteiger partial charge in [0.25, 0.3) is 0 Å². The van der Waals surface area contributed by atoms with Crippen molar-refractivity contribution in [2.24, 2.45) is 59.2 Å². The first-order valence-corrected chi connectivity index (χ1v) is 14.4. The highest BCUT2D eigenvalue weighted by atomic mass is 16.7. The van der Waals surface area contributed by atoms with E-state index in [0.717, 1.165) is 31.1 Å². The molecule has 11 atom stereocenters. The average molecular weight is 609 g/mol. The van der Waals surface area contributed by atoms with E-state index < -0.39 is 17.8 Å². The smallest absolute Gasteiger partial charge is 0.312 e. The lowest BCUT2D eigenvalue weighted by atomic mass is 9.66. The number of carboxylic acid groups (broad SMARTS) is 1. The summed E-state index contributed by atoms with van der Waals surface area (Å²) in [5, 5.41) is 9.94. The largest absolute Gasteiger partial charge is 0.481 e. The van der Waals surface area contributed by atoms with Gasteiger partial charge in [-0.15, -0.1) is 0 Å². The predicted octanol–water partition coefficient (Wildman–Crippen LogP) is 10.8. The van der Waals surface area contributed by atoms with Crippen LogP contribution in [0.15, 0.2) is 30.3 Å². The quantitative estimate of drug-likeness (QED) is 0.154. The molecule has 43 heavy (non-hydrogen) atoms. The SMILES string of the molecule is C.C.C.C.C.C.C.CC(CC1C2CCC(C2)C1C(C(=O)OCOCC1C2CCC(C2)C1C)C(C)C(=O)O)c1ccccc1. The van der Waals surface area contributed by atoms with Gasteiger partial charge in [-0.05, 0) is 104 Å². The third-order valence-corrected chi connectivity index (χ3v) is 10.9. The molecule has 0 saturated heterocycles. The zero-order chi connectivity index (χ0) is 25.4. The number of hydrogen-bond donors (Lipinski definition) is 1. The van der Waals surface area contributed by atoms with Crippen molar-refractivity contribution in [1.82, 2.24) is 0 Å². The van der Waals surface area contributed by atoms with Crippen LogP contribution in [0.1, 0.15) is 129 Å². The van der Waals surface area contributed by atoms with Crippen LogP contribution in [0.4, 0.5) is 0 Å². The average Bonchev–Trinajstić information content (AvgIpc) is 3.66. The van der Waals surface area contributed by atoms with Gasteiger partial charge in [-0.1, -0.05) is 103 Å². The number of aliphatic carboxylic acids is 1. The van der Waals surface area contributed by atoms with Gasteiger partial charge in [0, 0.05) is 0 Å². The van der Waals surface area contributed by atoms with Gasteiger partial charge in [0.15, 0.2) is 6.79 Å². The number of carbonyl (C=O) groups is 2. The summed E-state index contributed by atoms with van der Waals surface area (Å²) in [6.07, 6.45) is 8.37. The molecule has 0 aromatic heterocycles. The summed E-state index contributed by atoms with van der Waals surface area (Å²) in [5.74, 6) is 1.96. The van der Waals surface area contributed by atoms with Crippen molar-refractivity contribution in [2.75, 3.05) is 13.4 Å². The molecule has 1 N–H and O–H groups in total. The van der Waals surface area contributed by atoms with Crippen molar-refractivity contribution < 1.29 is 24.2 Å². The molecule has 5 heteroatoms. The van der Waals surface area contributed by atoms with Crippen molar-refractivity contribution in [2.45, 2.75) is 124 Å². The number of fused-ring (bicyclic) bond motifs is 4. The van der Waals surface area contributed by atoms with Crippen molar-refractivity contribution >= 4 is 11.9 Å². The molecular formula is C38H72O5. The van der Waals surface area contributed by atoms with Crippen LogP contribution in [0.3, 0.4) is 0 Å². The first kappa shape index (κ1) is 45.5. The highest BCUT2D eigenvalue weighted by Gasteiger charge is 2.54. The van der Waals surface area contributed by atoms with Crippen molar-refractivity contribution in [3.8, 4) is 0 Å². The molecule has 4 bridgehead atoms. The minimum atomic E-state index is -0.911. The first-order valence-electron chi connectivity index (χ1n) is 14.4. The summed E-state index contributed by atoms with van der Waals surface area (Å²) in [6, 6.07) is 10.5. The minimum Gasteiger partial charge on any atom is -0.481 e. The maximum absolute atomic E-state index is 13.5. The van der Waals surface area contributed by atoms with Gasteiger partial charge in [-0.3, -0.25) is 9.59 Å². The Balaban J connectivity index is -0.00000229. The molecule has 4 saturated carbocycles. The van der Waals surface area contributed by atoms with Crippen molar-refractivity contribution in [3.05, 3.63) is 35.9 Å². The third kappa shape index (κ3) is 9.31. The monoisotopic (exact) mass is 609 g/mol. The Morgan fingerprint density at radius 2 is 1.35 bits per heavy atom. The van der Waals surface area contributed by atoms with Crippen LogP contribution in [0.2, 0.25) is 0 Å². The molecule has 5 rings (SSSR count). The topological polar surface area (TPSA) is 72.8 Å². The van der Waals surface area contributed by atoms with Crippen LogP contribution in [-0.2, 0) is 19.1 Å². The minimum absolute atomic E-state index is 0. The van der Waals surface area contributed by atoms with E-state index in [4.69, 9.17) is 9.47 Å². The van der Waals surface area contributed by atoms with Gasteiger partial charge in [-0.2, -0.15) is 0 Å². The van der Waals surface area contributed by atoms with Gasteiger partial charge in [0.2, 0.25) is 0 Å². The second-order valence-corrected chi connectivity index (χ2v) is 12.6. The lowest BCUT2D eigenvalue weighted by Crippen LogP contribution is -2.41. The maximum Gasteiger partial charge on any atom is 0.312 e. The summed E-state index contributed by atoms with van der Waals surface area (Å²) in [7, 11) is 0. The van der Waals surface area contributed by atoms with Crippen LogP contribution in [0.25, 0.3) is 0 Å². The Morgan fingerprint density at radius 1 is 0.814 bits per heavy atom. The van der Waals surface area contributed by atoms with Gasteiger partial charge in [0.05, 0.1) is 18.4 Å². The Bertz CT molecular complexity index is 914. The van der Waals surface area contributed by atoms with E-state index in [1.807, 2.05) is 6.07 Å². The molecule has 0 spiro atoms. The lowest BCUT2D eigenvalue weighted by Gasteiger charge is -2.38. The van der Waals surface area contributed by atoms with E-state index in [2.05, 4.69) is 38.1 Å². The van der Waals surface area contributed by atoms with Crippen LogP contribution in [0.5, 0.6) is 0 Å². The number of hydrogen-bond acceptors (Lipinski definition) is 4. The molecule has 254 valence electrons. The predicted molar refractivity (Wildman–Crippen MR) is 185 cm³/mol. The molecule has 0 heterocycles. The zero-order valence-corrected chi connectivity index (χ0v) is 22.2. The van der Waals surface area contributed by atoms with E-state index in [9.17, 15) is 14.7 Å². The molecule has 0 aliphatic heterocycles. The zero-order valence-electron chi connectivity index (χ0n) is 22.2. The molecule has 4 aliphatic rings. The van der Waals surface area contributed by atoms with Crippen LogP contribution in [0, 0.1) is 59.2 Å². The molecule has 4 aliphatic carbocycles. The molecule has 1 aromatic carbocycles. The van der Waals surface area contributed by atoms with Gasteiger partial charge in [-0.25, -0.2) is 0 Å². The highest BCUT2D eigenvalue weighted by molar-refractivity contribution is 5.81. The fraction of sp³-hybridized carbons (Fsp3) is 0.789. The molecule has 1 aromatic rings. The van der Waals surface area contributed by atoms with Gasteiger partial charge in [0.1, 0.15) is 0 Å². The Hall–Kier alpha value is -1.88. The van der Waals surface area contributed by atoms with Crippen LogP contribution in [-0.4, -0.2) is 30.4 Å². The number of carbonyl (C=O) groups excluding carboxylic acids is 1. The third-order valence-electron chi connectivity index (χ3n) is 10.9. The lowest BCUT2D eigenvalue weighted by molar-refractivity contribution is -0.173. The highest BCUT2D eigenvalue weighted by Crippen LogP contribution is 2.58. The summed E-state index contributed by atoms with van der Waals surface area (Å²) < 4.78 is 11.6. The summed E-state index contributed by atoms with van der Waals surface area (Å²) in [5.41, 5.74) is 1.31. The van der Waals surface area contributed by atoms with Crippen molar-refractivity contribution in [1.29, 1.82) is 0 Å². The van der Waals surface area contributed by atoms with E-state index in [1.54, 1.807) is 6.92 Å². The molecule has 0 amide bonds. The standard InChI is InChI=1S/C31H44O5.7CH4/c1-18(21-7-5-4-6-8-21)13-26-23-11-12-25(15-23)29(26)28(20(3)30(32)33)31(34)36-17-35-16-27-19(2)22-9-10-24(27)14-22;;;;;;;/h4-8,18-20,22-29H,9-17H2,1-3H3,(H,32,33);7*1H4. The van der Waals surface area contributed by atoms with E-state index >= 15 is 0 Å². The van der Waals surface area contributed by atoms with E-state index in [-0.39, 0.29) is 70.7 Å². The summed E-state index contributed by atoms with van der Waals surface area (Å²) in [4.78, 5) is 25.6. The van der Waals surface area contributed by atoms with Crippen LogP contribution >= 0.6 is 0 Å². The molecular weight excluding hydrogens is 536 g/mol. The van der Waals surface area contributed by atoms with E-state index in [0.29, 0.717) is 42.1 Å². The van der Waals surface area contributed by atoms with E-state index in [1.165, 1.54) is 31.2 Å². The van der Waals surface area contributed by atoms with Crippen LogP contribution < -0.4 is 0 Å². The summed E-state index contributed by atoms with van der Waals surface area (Å²) in [6.45, 7) is 6.86. The Labute approximate surface area is 267 Å². The molecule has 5 nitrogen and oxygen atoms in total. The number of esters is 1. The first-order chi connectivity index (χ1) is 17.3. The molecule has 11 unspecified atom stereocenters. The number of rotatable bonds is 11.